The smallest absolute Gasteiger partial charge is 0.421 e. The molecule has 0 aliphatic carbocycles. The van der Waals surface area contributed by atoms with Crippen LogP contribution in [0.2, 0.25) is 0 Å². The van der Waals surface area contributed by atoms with E-state index in [-0.39, 0.29) is 35.2 Å². The Balaban J connectivity index is 0.000000239. The number of alkyl halides is 6. The second-order valence-electron chi connectivity index (χ2n) is 19.2. The summed E-state index contributed by atoms with van der Waals surface area (Å²) in [6, 6.07) is 17.5. The van der Waals surface area contributed by atoms with Gasteiger partial charge in [-0.1, -0.05) is 25.3 Å². The Morgan fingerprint density at radius 3 is 1.54 bits per heavy atom. The zero-order chi connectivity index (χ0) is 59.4. The normalized spacial score (nSPS) is 13.8. The highest BCUT2D eigenvalue weighted by Crippen LogP contribution is 2.39. The van der Waals surface area contributed by atoms with Crippen LogP contribution in [0.3, 0.4) is 0 Å². The number of rotatable bonds is 16. The maximum absolute atomic E-state index is 13.8. The monoisotopic (exact) mass is 1140 g/mol. The average molecular weight is 1140 g/mol. The number of carbonyl (C=O) groups is 3. The zero-order valence-corrected chi connectivity index (χ0v) is 45.5. The van der Waals surface area contributed by atoms with Crippen molar-refractivity contribution in [3.63, 3.8) is 0 Å². The first-order valence-corrected chi connectivity index (χ1v) is 25.2. The third kappa shape index (κ3) is 16.6. The molecule has 4 aromatic heterocycles. The second-order valence-corrected chi connectivity index (χ2v) is 19.2. The molecule has 6 heterocycles. The van der Waals surface area contributed by atoms with Gasteiger partial charge in [0, 0.05) is 93.6 Å². The van der Waals surface area contributed by atoms with Gasteiger partial charge >= 0.3 is 18.4 Å². The number of hydrogen-bond acceptors (Lipinski definition) is 19. The Kier molecular flexibility index (Phi) is 19.2. The quantitative estimate of drug-likeness (QED) is 0.0390. The maximum Gasteiger partial charge on any atom is 0.421 e. The molecular weight excluding hydrogens is 1080 g/mol. The van der Waals surface area contributed by atoms with E-state index in [4.69, 9.17) is 14.2 Å². The molecule has 0 saturated carbocycles. The first kappa shape index (κ1) is 60.2. The number of halogens is 6. The van der Waals surface area contributed by atoms with Crippen molar-refractivity contribution in [2.24, 2.45) is 0 Å². The number of likely N-dealkylation sites (N-methyl/N-ethyl adjacent to an activating group) is 1. The van der Waals surface area contributed by atoms with E-state index in [0.29, 0.717) is 72.9 Å². The molecule has 22 nitrogen and oxygen atoms in total. The molecule has 6 N–H and O–H groups in total. The van der Waals surface area contributed by atoms with Gasteiger partial charge in [0.05, 0.1) is 20.4 Å². The number of hydrogen-bond donors (Lipinski definition) is 6. The fraction of sp³-hybridized carbons (Fsp3) is 0.315. The van der Waals surface area contributed by atoms with Gasteiger partial charge in [0.2, 0.25) is 29.6 Å². The van der Waals surface area contributed by atoms with Crippen LogP contribution in [0.1, 0.15) is 31.9 Å². The van der Waals surface area contributed by atoms with Crippen LogP contribution in [0, 0.1) is 0 Å². The highest BCUT2D eigenvalue weighted by molar-refractivity contribution is 5.99. The summed E-state index contributed by atoms with van der Waals surface area (Å²) < 4.78 is 99.0. The van der Waals surface area contributed by atoms with Crippen LogP contribution in [0.4, 0.5) is 100 Å². The molecule has 2 saturated heterocycles. The van der Waals surface area contributed by atoms with Crippen molar-refractivity contribution in [1.82, 2.24) is 39.7 Å². The topological polar surface area (TPSA) is 241 Å². The van der Waals surface area contributed by atoms with Crippen LogP contribution in [0.15, 0.2) is 111 Å². The van der Waals surface area contributed by atoms with Crippen LogP contribution in [0.25, 0.3) is 0 Å². The van der Waals surface area contributed by atoms with E-state index in [1.807, 2.05) is 31.7 Å². The maximum atomic E-state index is 13.8. The molecule has 2 aromatic carbocycles. The molecule has 0 spiro atoms. The van der Waals surface area contributed by atoms with Gasteiger partial charge in [-0.05, 0) is 88.5 Å². The fourth-order valence-corrected chi connectivity index (χ4v) is 7.94. The lowest BCUT2D eigenvalue weighted by atomic mass is 10.2. The summed E-state index contributed by atoms with van der Waals surface area (Å²) >= 11 is 0. The van der Waals surface area contributed by atoms with Gasteiger partial charge in [0.15, 0.2) is 0 Å². The molecule has 28 heteroatoms. The van der Waals surface area contributed by atoms with Gasteiger partial charge in [-0.3, -0.25) is 9.59 Å². The largest absolute Gasteiger partial charge is 0.494 e. The number of carbonyl (C=O) groups excluding carboxylic acids is 3. The number of nitrogens with one attached hydrogen (secondary N) is 6. The van der Waals surface area contributed by atoms with Gasteiger partial charge in [-0.15, -0.1) is 0 Å². The highest BCUT2D eigenvalue weighted by Gasteiger charge is 2.37. The lowest BCUT2D eigenvalue weighted by Crippen LogP contribution is -2.50. The van der Waals surface area contributed by atoms with Gasteiger partial charge in [0.25, 0.3) is 0 Å². The minimum absolute atomic E-state index is 0.0935. The molecule has 0 atom stereocenters. The lowest BCUT2D eigenvalue weighted by Gasteiger charge is -2.36. The Morgan fingerprint density at radius 2 is 1.06 bits per heavy atom. The lowest BCUT2D eigenvalue weighted by molar-refractivity contribution is -0.138. The van der Waals surface area contributed by atoms with Crippen molar-refractivity contribution < 1.29 is 54.9 Å². The predicted octanol–water partition coefficient (Wildman–Crippen LogP) is 9.83. The average Bonchev–Trinajstić information content (AvgIpc) is 3.64. The summed E-state index contributed by atoms with van der Waals surface area (Å²) in [6.45, 7) is 17.5. The van der Waals surface area contributed by atoms with Crippen molar-refractivity contribution in [3.8, 4) is 11.6 Å². The SMILES string of the molecule is C=CC(=O)Nc1cccc(Nc2nc(Nc3ccc(N4CCN(C)CC4)nc3OC)ncc2C(F)(F)F)c1.C=CC(=O)Nc1cccc(Nc2nc(Nc3cnc(N4CCN(C(=O)OC(C)(C)C)CC4)cc3OC)ncc2C(F)(F)F)c1. The third-order valence-corrected chi connectivity index (χ3v) is 12.0. The van der Waals surface area contributed by atoms with E-state index in [1.165, 1.54) is 38.6 Å². The van der Waals surface area contributed by atoms with Crippen LogP contribution >= 0.6 is 0 Å². The first-order valence-electron chi connectivity index (χ1n) is 25.2. The van der Waals surface area contributed by atoms with E-state index in [1.54, 1.807) is 47.4 Å². The number of anilines is 12. The van der Waals surface area contributed by atoms with Gasteiger partial charge in [-0.25, -0.2) is 19.7 Å². The van der Waals surface area contributed by atoms with Crippen molar-refractivity contribution in [3.05, 3.63) is 122 Å². The fourth-order valence-electron chi connectivity index (χ4n) is 7.94. The molecular formula is C54H60F6N16O6. The molecule has 0 radical (unpaired) electrons. The van der Waals surface area contributed by atoms with Crippen molar-refractivity contribution in [1.29, 1.82) is 0 Å². The Bertz CT molecular complexity index is 3260. The van der Waals surface area contributed by atoms with Crippen molar-refractivity contribution in [2.45, 2.75) is 38.7 Å². The molecule has 2 fully saturated rings. The summed E-state index contributed by atoms with van der Waals surface area (Å²) in [7, 11) is 4.96. The van der Waals surface area contributed by atoms with Crippen LogP contribution in [-0.2, 0) is 26.7 Å². The van der Waals surface area contributed by atoms with Crippen LogP contribution in [0.5, 0.6) is 11.6 Å². The van der Waals surface area contributed by atoms with Crippen LogP contribution < -0.4 is 51.2 Å². The third-order valence-electron chi connectivity index (χ3n) is 12.0. The Morgan fingerprint density at radius 1 is 0.573 bits per heavy atom. The highest BCUT2D eigenvalue weighted by atomic mass is 19.4. The van der Waals surface area contributed by atoms with Crippen LogP contribution in [-0.4, -0.2) is 137 Å². The summed E-state index contributed by atoms with van der Waals surface area (Å²) in [5, 5.41) is 16.2. The van der Waals surface area contributed by atoms with E-state index < -0.39 is 52.5 Å². The Labute approximate surface area is 468 Å². The van der Waals surface area contributed by atoms with Crippen molar-refractivity contribution >= 4 is 87.2 Å². The molecule has 82 heavy (non-hydrogen) atoms. The zero-order valence-electron chi connectivity index (χ0n) is 45.5. The second kappa shape index (κ2) is 26.2. The standard InChI is InChI=1S/C29H33F3N8O4.C25H27F3N8O2/c1-6-24(41)35-18-8-7-9-19(14-18)36-25-20(29(30,31)32)16-34-26(38-25)37-21-17-33-23(15-22(21)43-5)39-10-12-40(13-11-39)27(42)44-28(2,3)4;1-4-21(37)30-16-6-5-7-17(14-16)31-22-18(25(26,27)28)15-29-24(34-22)32-19-8-9-20(33-23(19)38-3)36-12-10-35(2)11-13-36/h6-9,14-17H,1,10-13H2,2-5H3,(H,35,41)(H2,34,36,37,38);4-9,14-15H,1,10-13H2,2-3H3,(H,30,37)(H2,29,31,32,34). The molecule has 2 aliphatic heterocycles. The van der Waals surface area contributed by atoms with Crippen molar-refractivity contribution in [2.75, 3.05) is 115 Å². The Hall–Kier alpha value is -9.47. The number of nitrogens with zero attached hydrogens (tertiary/aromatic N) is 10. The molecule has 0 bridgehead atoms. The summed E-state index contributed by atoms with van der Waals surface area (Å²) in [4.78, 5) is 68.5. The first-order chi connectivity index (χ1) is 38.9. The molecule has 0 unspecified atom stereocenters. The minimum Gasteiger partial charge on any atom is -0.494 e. The van der Waals surface area contributed by atoms with Gasteiger partial charge in [-0.2, -0.15) is 41.3 Å². The van der Waals surface area contributed by atoms with Gasteiger partial charge in [0.1, 0.15) is 57.1 Å². The van der Waals surface area contributed by atoms with E-state index >= 15 is 0 Å². The summed E-state index contributed by atoms with van der Waals surface area (Å²) in [5.74, 6) is -0.194. The number of aromatic nitrogens is 6. The molecule has 434 valence electrons. The summed E-state index contributed by atoms with van der Waals surface area (Å²) in [6.07, 6.45) is -4.84. The van der Waals surface area contributed by atoms with Gasteiger partial charge < -0.3 is 65.7 Å². The number of ether oxygens (including phenoxy) is 3. The minimum atomic E-state index is -4.75. The number of methoxy groups -OCH3 is 2. The van der Waals surface area contributed by atoms with E-state index in [2.05, 4.69) is 91.8 Å². The number of benzene rings is 2. The number of amides is 3. The predicted molar refractivity (Wildman–Crippen MR) is 299 cm³/mol. The summed E-state index contributed by atoms with van der Waals surface area (Å²) in [5.41, 5.74) is -0.771. The molecule has 8 rings (SSSR count). The molecule has 3 amide bonds. The molecule has 2 aliphatic rings. The molecule has 6 aromatic rings. The van der Waals surface area contributed by atoms with E-state index in [9.17, 15) is 40.7 Å². The van der Waals surface area contributed by atoms with E-state index in [0.717, 1.165) is 44.1 Å². The number of piperazine rings is 2. The number of pyridine rings is 2.